The molecule has 1 atom stereocenters. The molecule has 0 heterocycles. The summed E-state index contributed by atoms with van der Waals surface area (Å²) in [5, 5.41) is 13.8. The summed E-state index contributed by atoms with van der Waals surface area (Å²) in [6, 6.07) is -0.990. The van der Waals surface area contributed by atoms with Crippen molar-refractivity contribution < 1.29 is 19.4 Å². The van der Waals surface area contributed by atoms with Crippen LogP contribution < -0.4 is 10.6 Å². The van der Waals surface area contributed by atoms with Crippen molar-refractivity contribution in [3.8, 4) is 0 Å². The van der Waals surface area contributed by atoms with Crippen molar-refractivity contribution in [2.24, 2.45) is 0 Å². The van der Waals surface area contributed by atoms with E-state index in [-0.39, 0.29) is 6.61 Å². The molecule has 7 heteroatoms. The number of hydrogen-bond donors (Lipinski definition) is 3. The van der Waals surface area contributed by atoms with E-state index >= 15 is 0 Å². The Morgan fingerprint density at radius 1 is 1.30 bits per heavy atom. The van der Waals surface area contributed by atoms with Crippen molar-refractivity contribution in [3.63, 3.8) is 0 Å². The highest BCUT2D eigenvalue weighted by Crippen LogP contribution is 1.97. The summed E-state index contributed by atoms with van der Waals surface area (Å²) in [4.78, 5) is 24.5. The van der Waals surface area contributed by atoms with Crippen LogP contribution in [0.3, 0.4) is 0 Å². The fourth-order valence-electron chi connectivity index (χ4n) is 1.50. The molecule has 0 saturated carbocycles. The standard InChI is InChI=1S/C13H27N3O4/c1-10(2)16(3)8-6-5-7-14-13(19)15-11(9-20-4)12(17)18/h10-11H,5-9H2,1-4H3,(H,17,18)(H2,14,15,19). The molecule has 118 valence electrons. The molecule has 0 fully saturated rings. The molecule has 0 aliphatic heterocycles. The van der Waals surface area contributed by atoms with Crippen molar-refractivity contribution in [1.29, 1.82) is 0 Å². The van der Waals surface area contributed by atoms with Gasteiger partial charge in [-0.3, -0.25) is 0 Å². The van der Waals surface area contributed by atoms with E-state index in [1.807, 2.05) is 0 Å². The minimum absolute atomic E-state index is 0.0536. The first-order valence-corrected chi connectivity index (χ1v) is 6.84. The van der Waals surface area contributed by atoms with Gasteiger partial charge in [0.2, 0.25) is 0 Å². The van der Waals surface area contributed by atoms with Gasteiger partial charge >= 0.3 is 12.0 Å². The first-order valence-electron chi connectivity index (χ1n) is 6.84. The Kier molecular flexibility index (Phi) is 9.75. The zero-order valence-corrected chi connectivity index (χ0v) is 12.8. The van der Waals surface area contributed by atoms with E-state index in [9.17, 15) is 9.59 Å². The number of nitrogens with one attached hydrogen (secondary N) is 2. The van der Waals surface area contributed by atoms with Crippen LogP contribution in [0.2, 0.25) is 0 Å². The number of methoxy groups -OCH3 is 1. The van der Waals surface area contributed by atoms with Gasteiger partial charge in [-0.1, -0.05) is 0 Å². The van der Waals surface area contributed by atoms with E-state index in [1.165, 1.54) is 7.11 Å². The highest BCUT2D eigenvalue weighted by atomic mass is 16.5. The Labute approximate surface area is 120 Å². The number of urea groups is 1. The van der Waals surface area contributed by atoms with Gasteiger partial charge in [-0.05, 0) is 40.3 Å². The van der Waals surface area contributed by atoms with E-state index in [2.05, 4.69) is 36.4 Å². The van der Waals surface area contributed by atoms with E-state index in [0.29, 0.717) is 12.6 Å². The van der Waals surface area contributed by atoms with Gasteiger partial charge in [0, 0.05) is 19.7 Å². The van der Waals surface area contributed by atoms with Crippen LogP contribution in [0.4, 0.5) is 4.79 Å². The third-order valence-electron chi connectivity index (χ3n) is 3.04. The van der Waals surface area contributed by atoms with Crippen LogP contribution in [0, 0.1) is 0 Å². The SMILES string of the molecule is COCC(NC(=O)NCCCCN(C)C(C)C)C(=O)O. The Balaban J connectivity index is 3.75. The van der Waals surface area contributed by atoms with Crippen LogP contribution >= 0.6 is 0 Å². The maximum Gasteiger partial charge on any atom is 0.328 e. The molecule has 0 aromatic rings. The highest BCUT2D eigenvalue weighted by Gasteiger charge is 2.19. The largest absolute Gasteiger partial charge is 0.480 e. The minimum Gasteiger partial charge on any atom is -0.480 e. The molecule has 0 radical (unpaired) electrons. The van der Waals surface area contributed by atoms with Crippen molar-refractivity contribution in [3.05, 3.63) is 0 Å². The first-order chi connectivity index (χ1) is 9.38. The normalized spacial score (nSPS) is 12.5. The molecule has 0 aromatic carbocycles. The Bertz CT molecular complexity index is 297. The van der Waals surface area contributed by atoms with Crippen molar-refractivity contribution in [1.82, 2.24) is 15.5 Å². The average Bonchev–Trinajstić information content (AvgIpc) is 2.37. The van der Waals surface area contributed by atoms with Crippen LogP contribution in [0.5, 0.6) is 0 Å². The number of carboxylic acids is 1. The highest BCUT2D eigenvalue weighted by molar-refractivity contribution is 5.82. The Morgan fingerprint density at radius 2 is 1.95 bits per heavy atom. The van der Waals surface area contributed by atoms with Gasteiger partial charge in [-0.2, -0.15) is 0 Å². The fraction of sp³-hybridized carbons (Fsp3) is 0.846. The van der Waals surface area contributed by atoms with Crippen LogP contribution in [0.1, 0.15) is 26.7 Å². The lowest BCUT2D eigenvalue weighted by Crippen LogP contribution is -2.48. The number of carbonyl (C=O) groups excluding carboxylic acids is 1. The van der Waals surface area contributed by atoms with Crippen molar-refractivity contribution in [2.45, 2.75) is 38.8 Å². The maximum absolute atomic E-state index is 11.5. The Hall–Kier alpha value is -1.34. The van der Waals surface area contributed by atoms with Crippen LogP contribution in [0.15, 0.2) is 0 Å². The molecular formula is C13H27N3O4. The van der Waals surface area contributed by atoms with Gasteiger partial charge in [0.1, 0.15) is 0 Å². The average molecular weight is 289 g/mol. The quantitative estimate of drug-likeness (QED) is 0.510. The summed E-state index contributed by atoms with van der Waals surface area (Å²) >= 11 is 0. The second-order valence-corrected chi connectivity index (χ2v) is 5.03. The second-order valence-electron chi connectivity index (χ2n) is 5.03. The van der Waals surface area contributed by atoms with Crippen LogP contribution in [0.25, 0.3) is 0 Å². The molecule has 1 unspecified atom stereocenters. The smallest absolute Gasteiger partial charge is 0.328 e. The number of hydrogen-bond acceptors (Lipinski definition) is 4. The molecule has 7 nitrogen and oxygen atoms in total. The van der Waals surface area contributed by atoms with Crippen LogP contribution in [-0.2, 0) is 9.53 Å². The molecule has 0 spiro atoms. The number of ether oxygens (including phenoxy) is 1. The third kappa shape index (κ3) is 8.71. The van der Waals surface area contributed by atoms with E-state index in [0.717, 1.165) is 19.4 Å². The second kappa shape index (κ2) is 10.4. The van der Waals surface area contributed by atoms with E-state index in [4.69, 9.17) is 9.84 Å². The van der Waals surface area contributed by atoms with Crippen molar-refractivity contribution >= 4 is 12.0 Å². The zero-order chi connectivity index (χ0) is 15.5. The lowest BCUT2D eigenvalue weighted by Gasteiger charge is -2.20. The molecule has 0 saturated heterocycles. The molecule has 0 aliphatic carbocycles. The van der Waals surface area contributed by atoms with Gasteiger partial charge in [-0.25, -0.2) is 9.59 Å². The number of amides is 2. The molecule has 2 amide bonds. The monoisotopic (exact) mass is 289 g/mol. The van der Waals surface area contributed by atoms with Gasteiger partial charge in [-0.15, -0.1) is 0 Å². The predicted octanol–water partition coefficient (Wildman–Crippen LogP) is 0.506. The van der Waals surface area contributed by atoms with Gasteiger partial charge in [0.15, 0.2) is 6.04 Å². The molecule has 0 aromatic heterocycles. The van der Waals surface area contributed by atoms with Crippen LogP contribution in [-0.4, -0.2) is 67.9 Å². The maximum atomic E-state index is 11.5. The summed E-state index contributed by atoms with van der Waals surface area (Å²) in [6.45, 7) is 5.71. The molecule has 0 rings (SSSR count). The summed E-state index contributed by atoms with van der Waals surface area (Å²) in [6.07, 6.45) is 1.84. The lowest BCUT2D eigenvalue weighted by atomic mass is 10.2. The number of nitrogens with zero attached hydrogens (tertiary/aromatic N) is 1. The van der Waals surface area contributed by atoms with Gasteiger partial charge in [0.05, 0.1) is 6.61 Å². The molecule has 3 N–H and O–H groups in total. The van der Waals surface area contributed by atoms with Gasteiger partial charge < -0.3 is 25.4 Å². The molecular weight excluding hydrogens is 262 g/mol. The Morgan fingerprint density at radius 3 is 2.45 bits per heavy atom. The third-order valence-corrected chi connectivity index (χ3v) is 3.04. The van der Waals surface area contributed by atoms with E-state index < -0.39 is 18.0 Å². The number of aliphatic carboxylic acids is 1. The fourth-order valence-corrected chi connectivity index (χ4v) is 1.50. The van der Waals surface area contributed by atoms with Gasteiger partial charge in [0.25, 0.3) is 0 Å². The summed E-state index contributed by atoms with van der Waals surface area (Å²) < 4.78 is 4.73. The summed E-state index contributed by atoms with van der Waals surface area (Å²) in [7, 11) is 3.45. The molecule has 0 bridgehead atoms. The summed E-state index contributed by atoms with van der Waals surface area (Å²) in [5.74, 6) is -1.11. The topological polar surface area (TPSA) is 90.9 Å². The van der Waals surface area contributed by atoms with E-state index in [1.54, 1.807) is 0 Å². The minimum atomic E-state index is -1.11. The number of unbranched alkanes of at least 4 members (excludes halogenated alkanes) is 1. The lowest BCUT2D eigenvalue weighted by molar-refractivity contribution is -0.140. The predicted molar refractivity (Wildman–Crippen MR) is 76.8 cm³/mol. The zero-order valence-electron chi connectivity index (χ0n) is 12.8. The molecule has 20 heavy (non-hydrogen) atoms. The number of carbonyl (C=O) groups is 2. The molecule has 0 aliphatic rings. The number of carboxylic acid groups (broad SMARTS) is 1. The number of rotatable bonds is 10. The summed E-state index contributed by atoms with van der Waals surface area (Å²) in [5.41, 5.74) is 0. The van der Waals surface area contributed by atoms with Crippen molar-refractivity contribution in [2.75, 3.05) is 33.9 Å². The first kappa shape index (κ1) is 18.7.